The first-order valence-corrected chi connectivity index (χ1v) is 10.5. The summed E-state index contributed by atoms with van der Waals surface area (Å²) in [7, 11) is 3.67. The first-order chi connectivity index (χ1) is 13.0. The van der Waals surface area contributed by atoms with Gasteiger partial charge < -0.3 is 9.64 Å². The molecule has 0 bridgehead atoms. The van der Waals surface area contributed by atoms with Crippen LogP contribution >= 0.6 is 11.6 Å². The SMILES string of the molecule is COC1CCC(N2CCC(n3c(=O)n(C)c4cc(Cl)c(C)cc43)CC2)CC1. The zero-order valence-corrected chi connectivity index (χ0v) is 17.3. The van der Waals surface area contributed by atoms with Gasteiger partial charge in [-0.2, -0.15) is 0 Å². The molecule has 1 saturated carbocycles. The molecule has 2 aromatic rings. The highest BCUT2D eigenvalue weighted by Crippen LogP contribution is 2.32. The second kappa shape index (κ2) is 7.61. The maximum atomic E-state index is 12.9. The zero-order chi connectivity index (χ0) is 19.1. The molecule has 5 nitrogen and oxygen atoms in total. The fraction of sp³-hybridized carbons (Fsp3) is 0.667. The van der Waals surface area contributed by atoms with Crippen LogP contribution in [0.25, 0.3) is 11.0 Å². The summed E-state index contributed by atoms with van der Waals surface area (Å²) in [5.74, 6) is 0. The minimum atomic E-state index is 0.0747. The van der Waals surface area contributed by atoms with E-state index in [1.165, 1.54) is 25.7 Å². The van der Waals surface area contributed by atoms with Crippen molar-refractivity contribution in [3.63, 3.8) is 0 Å². The zero-order valence-electron chi connectivity index (χ0n) is 16.6. The molecule has 2 aliphatic rings. The Morgan fingerprint density at radius 2 is 1.67 bits per heavy atom. The summed E-state index contributed by atoms with van der Waals surface area (Å²) in [6, 6.07) is 4.95. The summed E-state index contributed by atoms with van der Waals surface area (Å²) in [4.78, 5) is 15.6. The second-order valence-electron chi connectivity index (χ2n) is 8.24. The van der Waals surface area contributed by atoms with E-state index in [0.29, 0.717) is 12.1 Å². The van der Waals surface area contributed by atoms with Crippen LogP contribution < -0.4 is 5.69 Å². The van der Waals surface area contributed by atoms with Gasteiger partial charge in [0.25, 0.3) is 0 Å². The summed E-state index contributed by atoms with van der Waals surface area (Å²) in [5.41, 5.74) is 3.04. The monoisotopic (exact) mass is 391 g/mol. The average Bonchev–Trinajstić information content (AvgIpc) is 2.93. The van der Waals surface area contributed by atoms with Gasteiger partial charge >= 0.3 is 5.69 Å². The van der Waals surface area contributed by atoms with Crippen LogP contribution in [0.4, 0.5) is 0 Å². The number of halogens is 1. The quantitative estimate of drug-likeness (QED) is 0.796. The fourth-order valence-electron chi connectivity index (χ4n) is 4.99. The Kier molecular flexibility index (Phi) is 5.36. The lowest BCUT2D eigenvalue weighted by atomic mass is 9.90. The number of imidazole rings is 1. The number of hydrogen-bond acceptors (Lipinski definition) is 3. The molecule has 2 fully saturated rings. The van der Waals surface area contributed by atoms with E-state index in [-0.39, 0.29) is 11.7 Å². The minimum Gasteiger partial charge on any atom is -0.381 e. The van der Waals surface area contributed by atoms with Crippen LogP contribution in [0.2, 0.25) is 5.02 Å². The van der Waals surface area contributed by atoms with Gasteiger partial charge in [-0.25, -0.2) is 4.79 Å². The van der Waals surface area contributed by atoms with Crippen LogP contribution in [0.15, 0.2) is 16.9 Å². The third kappa shape index (κ3) is 3.45. The molecule has 0 radical (unpaired) electrons. The average molecular weight is 392 g/mol. The molecule has 1 aliphatic carbocycles. The van der Waals surface area contributed by atoms with Crippen molar-refractivity contribution in [1.82, 2.24) is 14.0 Å². The van der Waals surface area contributed by atoms with Crippen molar-refractivity contribution in [2.24, 2.45) is 7.05 Å². The number of fused-ring (bicyclic) bond motifs is 1. The Labute approximate surface area is 165 Å². The first kappa shape index (κ1) is 19.0. The number of piperidine rings is 1. The highest BCUT2D eigenvalue weighted by molar-refractivity contribution is 6.32. The lowest BCUT2D eigenvalue weighted by Gasteiger charge is -2.40. The maximum Gasteiger partial charge on any atom is 0.329 e. The first-order valence-electron chi connectivity index (χ1n) is 10.1. The molecule has 0 atom stereocenters. The van der Waals surface area contributed by atoms with Gasteiger partial charge in [-0.1, -0.05) is 11.6 Å². The van der Waals surface area contributed by atoms with Gasteiger partial charge in [0.15, 0.2) is 0 Å². The van der Waals surface area contributed by atoms with Gasteiger partial charge in [-0.05, 0) is 63.1 Å². The molecule has 0 amide bonds. The van der Waals surface area contributed by atoms with Gasteiger partial charge in [0.1, 0.15) is 0 Å². The highest BCUT2D eigenvalue weighted by atomic mass is 35.5. The minimum absolute atomic E-state index is 0.0747. The van der Waals surface area contributed by atoms with E-state index >= 15 is 0 Å². The molecule has 1 aromatic carbocycles. The van der Waals surface area contributed by atoms with Crippen molar-refractivity contribution in [1.29, 1.82) is 0 Å². The number of methoxy groups -OCH3 is 1. The summed E-state index contributed by atoms with van der Waals surface area (Å²) >= 11 is 6.29. The molecule has 0 spiro atoms. The van der Waals surface area contributed by atoms with Crippen LogP contribution in [0.3, 0.4) is 0 Å². The van der Waals surface area contributed by atoms with Crippen LogP contribution in [0.5, 0.6) is 0 Å². The lowest BCUT2D eigenvalue weighted by Crippen LogP contribution is -2.45. The topological polar surface area (TPSA) is 39.4 Å². The number of ether oxygens (including phenoxy) is 1. The summed E-state index contributed by atoms with van der Waals surface area (Å²) in [6.07, 6.45) is 7.32. The van der Waals surface area contributed by atoms with Crippen molar-refractivity contribution in [3.05, 3.63) is 33.2 Å². The van der Waals surface area contributed by atoms with Gasteiger partial charge in [0.05, 0.1) is 17.1 Å². The number of likely N-dealkylation sites (tertiary alicyclic amines) is 1. The van der Waals surface area contributed by atoms with E-state index < -0.39 is 0 Å². The van der Waals surface area contributed by atoms with Crippen LogP contribution in [-0.4, -0.2) is 46.4 Å². The summed E-state index contributed by atoms with van der Waals surface area (Å²) in [5, 5.41) is 0.719. The van der Waals surface area contributed by atoms with Gasteiger partial charge in [-0.3, -0.25) is 9.13 Å². The van der Waals surface area contributed by atoms with Crippen LogP contribution in [-0.2, 0) is 11.8 Å². The Hall–Kier alpha value is -1.30. The van der Waals surface area contributed by atoms with Gasteiger partial charge in [0, 0.05) is 44.4 Å². The van der Waals surface area contributed by atoms with Crippen molar-refractivity contribution < 1.29 is 4.74 Å². The number of nitrogens with zero attached hydrogens (tertiary/aromatic N) is 3. The molecule has 148 valence electrons. The molecular formula is C21H30ClN3O2. The smallest absolute Gasteiger partial charge is 0.329 e. The summed E-state index contributed by atoms with van der Waals surface area (Å²) in [6.45, 7) is 4.15. The van der Waals surface area contributed by atoms with E-state index in [4.69, 9.17) is 16.3 Å². The molecule has 0 N–H and O–H groups in total. The summed E-state index contributed by atoms with van der Waals surface area (Å²) < 4.78 is 9.25. The lowest BCUT2D eigenvalue weighted by molar-refractivity contribution is 0.0296. The number of aryl methyl sites for hydroxylation is 2. The molecule has 0 unspecified atom stereocenters. The molecule has 1 aromatic heterocycles. The fourth-order valence-corrected chi connectivity index (χ4v) is 5.15. The molecule has 2 heterocycles. The molecule has 6 heteroatoms. The van der Waals surface area contributed by atoms with Crippen LogP contribution in [0, 0.1) is 6.92 Å². The van der Waals surface area contributed by atoms with E-state index in [0.717, 1.165) is 47.6 Å². The third-order valence-corrected chi connectivity index (χ3v) is 7.13. The van der Waals surface area contributed by atoms with Crippen molar-refractivity contribution in [3.8, 4) is 0 Å². The number of benzene rings is 1. The number of rotatable bonds is 3. The maximum absolute atomic E-state index is 12.9. The molecular weight excluding hydrogens is 362 g/mol. The Bertz CT molecular complexity index is 872. The van der Waals surface area contributed by atoms with Gasteiger partial charge in [-0.15, -0.1) is 0 Å². The van der Waals surface area contributed by atoms with Crippen molar-refractivity contribution >= 4 is 22.6 Å². The molecule has 1 aliphatic heterocycles. The molecule has 4 rings (SSSR count). The predicted octanol–water partition coefficient (Wildman–Crippen LogP) is 3.90. The normalized spacial score (nSPS) is 25.3. The molecule has 1 saturated heterocycles. The van der Waals surface area contributed by atoms with E-state index in [9.17, 15) is 4.79 Å². The van der Waals surface area contributed by atoms with Crippen molar-refractivity contribution in [2.75, 3.05) is 20.2 Å². The number of hydrogen-bond donors (Lipinski definition) is 0. The Balaban J connectivity index is 1.51. The van der Waals surface area contributed by atoms with E-state index in [1.54, 1.807) is 4.57 Å². The van der Waals surface area contributed by atoms with Crippen molar-refractivity contribution in [2.45, 2.75) is 63.6 Å². The highest BCUT2D eigenvalue weighted by Gasteiger charge is 2.30. The molecule has 27 heavy (non-hydrogen) atoms. The van der Waals surface area contributed by atoms with Gasteiger partial charge in [0.2, 0.25) is 0 Å². The Morgan fingerprint density at radius 1 is 1.00 bits per heavy atom. The Morgan fingerprint density at radius 3 is 2.30 bits per heavy atom. The van der Waals surface area contributed by atoms with Crippen LogP contribution in [0.1, 0.15) is 50.1 Å². The largest absolute Gasteiger partial charge is 0.381 e. The van der Waals surface area contributed by atoms with E-state index in [2.05, 4.69) is 11.0 Å². The standard InChI is InChI=1S/C21H30ClN3O2/c1-14-12-20-19(13-18(14)22)23(2)21(26)25(20)16-8-10-24(11-9-16)15-4-6-17(27-3)7-5-15/h12-13,15-17H,4-11H2,1-3H3. The van der Waals surface area contributed by atoms with E-state index in [1.807, 2.05) is 31.7 Å². The predicted molar refractivity (Wildman–Crippen MR) is 110 cm³/mol. The third-order valence-electron chi connectivity index (χ3n) is 6.73. The second-order valence-corrected chi connectivity index (χ2v) is 8.64. The number of aromatic nitrogens is 2.